The van der Waals surface area contributed by atoms with Crippen LogP contribution < -0.4 is 5.73 Å². The Morgan fingerprint density at radius 1 is 1.07 bits per heavy atom. The second-order valence-corrected chi connectivity index (χ2v) is 2.63. The van der Waals surface area contributed by atoms with Gasteiger partial charge in [-0.05, 0) is 12.0 Å². The van der Waals surface area contributed by atoms with Crippen molar-refractivity contribution in [1.29, 1.82) is 0 Å². The highest BCUT2D eigenvalue weighted by molar-refractivity contribution is 5.15. The van der Waals surface area contributed by atoms with Crippen molar-refractivity contribution in [3.8, 4) is 0 Å². The van der Waals surface area contributed by atoms with Gasteiger partial charge in [0.15, 0.2) is 0 Å². The van der Waals surface area contributed by atoms with Crippen molar-refractivity contribution < 1.29 is 5.11 Å². The lowest BCUT2D eigenvalue weighted by Crippen LogP contribution is -2.26. The van der Waals surface area contributed by atoms with E-state index in [1.165, 1.54) is 5.56 Å². The van der Waals surface area contributed by atoms with Gasteiger partial charge in [-0.15, -0.1) is 0 Å². The van der Waals surface area contributed by atoms with Crippen molar-refractivity contribution in [2.24, 2.45) is 5.73 Å². The molecule has 0 saturated heterocycles. The number of rotatable bonds is 3. The monoisotopic (exact) mass is 211 g/mol. The summed E-state index contributed by atoms with van der Waals surface area (Å²) in [6.07, 6.45) is 0.747. The molecule has 1 rings (SSSR count). The largest absolute Gasteiger partial charge is 0.395 e. The average molecular weight is 211 g/mol. The van der Waals surface area contributed by atoms with E-state index < -0.39 is 0 Å². The molecular formula is C13H25NO. The summed E-state index contributed by atoms with van der Waals surface area (Å²) in [5.41, 5.74) is 6.73. The topological polar surface area (TPSA) is 46.2 Å². The minimum absolute atomic E-state index is 0.0505. The Kier molecular flexibility index (Phi) is 14.5. The van der Waals surface area contributed by atoms with E-state index in [2.05, 4.69) is 0 Å². The molecule has 0 amide bonds. The minimum Gasteiger partial charge on any atom is -0.395 e. The summed E-state index contributed by atoms with van der Waals surface area (Å²) < 4.78 is 0. The van der Waals surface area contributed by atoms with Crippen molar-refractivity contribution in [3.05, 3.63) is 35.9 Å². The fourth-order valence-electron chi connectivity index (χ4n) is 0.981. The molecule has 0 fully saturated rings. The first-order chi connectivity index (χ1) is 7.33. The summed E-state index contributed by atoms with van der Waals surface area (Å²) in [7, 11) is 0. The molecule has 0 spiro atoms. The first kappa shape index (κ1) is 16.6. The first-order valence-electron chi connectivity index (χ1n) is 5.73. The van der Waals surface area contributed by atoms with Gasteiger partial charge in [-0.1, -0.05) is 58.0 Å². The van der Waals surface area contributed by atoms with Gasteiger partial charge in [0, 0.05) is 6.04 Å². The number of hydrogen-bond donors (Lipinski definition) is 2. The molecule has 1 aromatic carbocycles. The highest BCUT2D eigenvalue weighted by Crippen LogP contribution is 2.00. The molecule has 1 aromatic rings. The maximum atomic E-state index is 8.67. The second kappa shape index (κ2) is 13.1. The van der Waals surface area contributed by atoms with E-state index in [9.17, 15) is 0 Å². The molecule has 0 aliphatic carbocycles. The molecule has 2 heteroatoms. The molecule has 0 heterocycles. The smallest absolute Gasteiger partial charge is 0.0585 e. The van der Waals surface area contributed by atoms with Gasteiger partial charge in [-0.3, -0.25) is 0 Å². The molecule has 0 bridgehead atoms. The molecule has 1 atom stereocenters. The van der Waals surface area contributed by atoms with Gasteiger partial charge in [0.1, 0.15) is 0 Å². The third kappa shape index (κ3) is 9.44. The summed E-state index contributed by atoms with van der Waals surface area (Å²) in [5.74, 6) is 0. The number of aliphatic hydroxyl groups is 1. The Morgan fingerprint density at radius 3 is 1.93 bits per heavy atom. The third-order valence-corrected chi connectivity index (χ3v) is 1.58. The molecule has 0 aliphatic rings. The van der Waals surface area contributed by atoms with Crippen LogP contribution in [0.3, 0.4) is 0 Å². The summed E-state index contributed by atoms with van der Waals surface area (Å²) in [4.78, 5) is 0. The van der Waals surface area contributed by atoms with Crippen LogP contribution in [0.4, 0.5) is 0 Å². The lowest BCUT2D eigenvalue weighted by Gasteiger charge is -2.06. The van der Waals surface area contributed by atoms with Gasteiger partial charge in [0.25, 0.3) is 0 Å². The van der Waals surface area contributed by atoms with Crippen molar-refractivity contribution in [1.82, 2.24) is 0 Å². The van der Waals surface area contributed by atoms with Crippen LogP contribution in [0.25, 0.3) is 0 Å². The lowest BCUT2D eigenvalue weighted by molar-refractivity contribution is 0.265. The van der Waals surface area contributed by atoms with Gasteiger partial charge in [0.2, 0.25) is 0 Å². The van der Waals surface area contributed by atoms with Crippen LogP contribution >= 0.6 is 0 Å². The average Bonchev–Trinajstić information content (AvgIpc) is 2.35. The van der Waals surface area contributed by atoms with Crippen LogP contribution in [0.15, 0.2) is 30.3 Å². The lowest BCUT2D eigenvalue weighted by atomic mass is 10.1. The molecular weight excluding hydrogens is 186 g/mol. The van der Waals surface area contributed by atoms with Gasteiger partial charge in [-0.2, -0.15) is 0 Å². The summed E-state index contributed by atoms with van der Waals surface area (Å²) in [6.45, 7) is 8.05. The highest BCUT2D eigenvalue weighted by Gasteiger charge is 1.99. The summed E-state index contributed by atoms with van der Waals surface area (Å²) in [6, 6.07) is 9.80. The van der Waals surface area contributed by atoms with E-state index >= 15 is 0 Å². The van der Waals surface area contributed by atoms with E-state index in [-0.39, 0.29) is 12.6 Å². The highest BCUT2D eigenvalue weighted by atomic mass is 16.3. The summed E-state index contributed by atoms with van der Waals surface area (Å²) in [5, 5.41) is 8.67. The minimum atomic E-state index is -0.127. The Balaban J connectivity index is 0. The van der Waals surface area contributed by atoms with Crippen LogP contribution in [-0.2, 0) is 6.42 Å². The van der Waals surface area contributed by atoms with Crippen LogP contribution in [-0.4, -0.2) is 17.8 Å². The first-order valence-corrected chi connectivity index (χ1v) is 5.73. The van der Waals surface area contributed by atoms with E-state index in [0.717, 1.165) is 6.42 Å². The standard InChI is InChI=1S/C9H13NO.2C2H6/c10-9(7-11)6-8-4-2-1-3-5-8;2*1-2/h1-5,9,11H,6-7,10H2;2*1-2H3. The molecule has 1 unspecified atom stereocenters. The van der Waals surface area contributed by atoms with Crippen LogP contribution in [0.2, 0.25) is 0 Å². The zero-order chi connectivity index (χ0) is 12.1. The van der Waals surface area contributed by atoms with E-state index in [0.29, 0.717) is 0 Å². The van der Waals surface area contributed by atoms with Gasteiger partial charge in [0.05, 0.1) is 6.61 Å². The number of nitrogens with two attached hydrogens (primary N) is 1. The molecule has 0 saturated carbocycles. The number of benzene rings is 1. The van der Waals surface area contributed by atoms with Crippen molar-refractivity contribution >= 4 is 0 Å². The normalized spacial score (nSPS) is 10.3. The fraction of sp³-hybridized carbons (Fsp3) is 0.538. The maximum absolute atomic E-state index is 8.67. The Hall–Kier alpha value is -0.860. The van der Waals surface area contributed by atoms with E-state index in [1.54, 1.807) is 0 Å². The van der Waals surface area contributed by atoms with Gasteiger partial charge in [-0.25, -0.2) is 0 Å². The quantitative estimate of drug-likeness (QED) is 0.807. The van der Waals surface area contributed by atoms with Crippen molar-refractivity contribution in [2.75, 3.05) is 6.61 Å². The molecule has 0 aliphatic heterocycles. The predicted molar refractivity (Wildman–Crippen MR) is 67.9 cm³/mol. The van der Waals surface area contributed by atoms with Crippen LogP contribution in [0.1, 0.15) is 33.3 Å². The second-order valence-electron chi connectivity index (χ2n) is 2.63. The zero-order valence-corrected chi connectivity index (χ0v) is 10.4. The van der Waals surface area contributed by atoms with Gasteiger partial charge < -0.3 is 10.8 Å². The summed E-state index contributed by atoms with van der Waals surface area (Å²) >= 11 is 0. The van der Waals surface area contributed by atoms with Crippen LogP contribution in [0.5, 0.6) is 0 Å². The molecule has 15 heavy (non-hydrogen) atoms. The molecule has 2 nitrogen and oxygen atoms in total. The van der Waals surface area contributed by atoms with E-state index in [1.807, 2.05) is 58.0 Å². The number of hydrogen-bond acceptors (Lipinski definition) is 2. The number of aliphatic hydroxyl groups excluding tert-OH is 1. The van der Waals surface area contributed by atoms with E-state index in [4.69, 9.17) is 10.8 Å². The Morgan fingerprint density at radius 2 is 1.53 bits per heavy atom. The molecule has 0 aromatic heterocycles. The third-order valence-electron chi connectivity index (χ3n) is 1.58. The zero-order valence-electron chi connectivity index (χ0n) is 10.4. The maximum Gasteiger partial charge on any atom is 0.0585 e. The molecule has 88 valence electrons. The Labute approximate surface area is 94.1 Å². The predicted octanol–water partition coefficient (Wildman–Crippen LogP) is 2.60. The van der Waals surface area contributed by atoms with Crippen LogP contribution in [0, 0.1) is 0 Å². The SMILES string of the molecule is CC.CC.NC(CO)Cc1ccccc1. The molecule has 0 radical (unpaired) electrons. The van der Waals surface area contributed by atoms with Crippen molar-refractivity contribution in [3.63, 3.8) is 0 Å². The van der Waals surface area contributed by atoms with Crippen molar-refractivity contribution in [2.45, 2.75) is 40.2 Å². The van der Waals surface area contributed by atoms with Gasteiger partial charge >= 0.3 is 0 Å². The molecule has 3 N–H and O–H groups in total. The fourth-order valence-corrected chi connectivity index (χ4v) is 0.981. The Bertz CT molecular complexity index is 199.